The molecule has 0 saturated heterocycles. The fourth-order valence-corrected chi connectivity index (χ4v) is 2.56. The van der Waals surface area contributed by atoms with E-state index < -0.39 is 63.8 Å². The predicted molar refractivity (Wildman–Crippen MR) is 93.0 cm³/mol. The van der Waals surface area contributed by atoms with E-state index in [4.69, 9.17) is 5.73 Å². The molecule has 0 unspecified atom stereocenters. The van der Waals surface area contributed by atoms with E-state index in [0.29, 0.717) is 16.8 Å². The molecule has 2 aromatic heterocycles. The first-order valence-electron chi connectivity index (χ1n) is 8.31. The molecule has 0 aliphatic rings. The Morgan fingerprint density at radius 2 is 1.56 bits per heavy atom. The third-order valence-corrected chi connectivity index (χ3v) is 3.99. The minimum Gasteiger partial charge on any atom is -0.366 e. The van der Waals surface area contributed by atoms with Crippen LogP contribution in [-0.4, -0.2) is 25.7 Å². The number of alkyl halides is 6. The Hall–Kier alpha value is -3.84. The number of aromatic nitrogens is 4. The lowest BCUT2D eigenvalue weighted by Gasteiger charge is -2.13. The summed E-state index contributed by atoms with van der Waals surface area (Å²) in [4.78, 5) is 18.2. The largest absolute Gasteiger partial charge is 0.416 e. The maximum atomic E-state index is 13.9. The number of amides is 1. The van der Waals surface area contributed by atoms with Gasteiger partial charge in [0.25, 0.3) is 5.91 Å². The molecule has 168 valence electrons. The molecule has 0 saturated carbocycles. The lowest BCUT2D eigenvalue weighted by Crippen LogP contribution is -2.15. The smallest absolute Gasteiger partial charge is 0.366 e. The van der Waals surface area contributed by atoms with Crippen molar-refractivity contribution in [1.29, 1.82) is 0 Å². The van der Waals surface area contributed by atoms with Crippen molar-refractivity contribution >= 4 is 17.7 Å². The van der Waals surface area contributed by atoms with Gasteiger partial charge in [0.15, 0.2) is 5.82 Å². The van der Waals surface area contributed by atoms with Gasteiger partial charge in [0, 0.05) is 17.3 Å². The van der Waals surface area contributed by atoms with Gasteiger partial charge < -0.3 is 5.73 Å². The number of carbonyl (C=O) groups is 1. The van der Waals surface area contributed by atoms with Gasteiger partial charge >= 0.3 is 12.4 Å². The average molecular weight is 463 g/mol. The highest BCUT2D eigenvalue weighted by atomic mass is 19.4. The summed E-state index contributed by atoms with van der Waals surface area (Å²) in [5, 5.41) is 3.69. The van der Waals surface area contributed by atoms with Crippen molar-refractivity contribution < 1.29 is 39.9 Å². The van der Waals surface area contributed by atoms with Gasteiger partial charge in [-0.25, -0.2) is 9.67 Å². The highest BCUT2D eigenvalue weighted by molar-refractivity contribution is 6.22. The lowest BCUT2D eigenvalue weighted by atomic mass is 10.0. The summed E-state index contributed by atoms with van der Waals surface area (Å²) < 4.78 is 106. The second-order valence-electron chi connectivity index (χ2n) is 6.22. The fraction of sp³-hybridized carbons (Fsp3) is 0.111. The molecule has 1 aromatic carbocycles. The van der Waals surface area contributed by atoms with Crippen LogP contribution in [0.2, 0.25) is 0 Å². The molecule has 0 fully saturated rings. The van der Waals surface area contributed by atoms with Crippen LogP contribution < -0.4 is 5.73 Å². The lowest BCUT2D eigenvalue weighted by molar-refractivity contribution is -0.143. The zero-order valence-electron chi connectivity index (χ0n) is 15.3. The SMILES string of the molecule is NC(=O)/C(=C/n1cnc(-c2cc(C(F)(F)F)cc(C(F)(F)F)c2)n1)c1ccc(F)nc1F. The molecule has 0 aliphatic heterocycles. The molecule has 0 spiro atoms. The molecule has 2 heterocycles. The Kier molecular flexibility index (Phi) is 5.72. The van der Waals surface area contributed by atoms with Gasteiger partial charge in [0.2, 0.25) is 11.9 Å². The first-order chi connectivity index (χ1) is 14.8. The Balaban J connectivity index is 2.08. The van der Waals surface area contributed by atoms with Crippen LogP contribution in [0.15, 0.2) is 36.7 Å². The molecule has 0 atom stereocenters. The van der Waals surface area contributed by atoms with E-state index in [2.05, 4.69) is 15.1 Å². The first-order valence-corrected chi connectivity index (χ1v) is 8.31. The van der Waals surface area contributed by atoms with E-state index >= 15 is 0 Å². The second kappa shape index (κ2) is 8.01. The molecule has 14 heteroatoms. The van der Waals surface area contributed by atoms with Crippen LogP contribution in [0.1, 0.15) is 16.7 Å². The summed E-state index contributed by atoms with van der Waals surface area (Å²) in [6, 6.07) is 2.36. The summed E-state index contributed by atoms with van der Waals surface area (Å²) in [7, 11) is 0. The maximum Gasteiger partial charge on any atom is 0.416 e. The Labute approximate surface area is 173 Å². The number of nitrogens with zero attached hydrogens (tertiary/aromatic N) is 4. The Bertz CT molecular complexity index is 1180. The van der Waals surface area contributed by atoms with E-state index in [1.165, 1.54) is 0 Å². The molecule has 0 radical (unpaired) electrons. The molecule has 3 rings (SSSR count). The predicted octanol–water partition coefficient (Wildman–Crippen LogP) is 4.14. The number of nitrogens with two attached hydrogens (primary N) is 1. The van der Waals surface area contributed by atoms with Gasteiger partial charge in [-0.1, -0.05) is 0 Å². The second-order valence-corrected chi connectivity index (χ2v) is 6.22. The number of halogens is 8. The van der Waals surface area contributed by atoms with Gasteiger partial charge in [-0.3, -0.25) is 4.79 Å². The van der Waals surface area contributed by atoms with Crippen LogP contribution in [0.5, 0.6) is 0 Å². The molecule has 3 aromatic rings. The van der Waals surface area contributed by atoms with Gasteiger partial charge in [0.1, 0.15) is 6.33 Å². The van der Waals surface area contributed by atoms with Crippen molar-refractivity contribution in [1.82, 2.24) is 19.7 Å². The maximum absolute atomic E-state index is 13.9. The average Bonchev–Trinajstić information content (AvgIpc) is 3.13. The summed E-state index contributed by atoms with van der Waals surface area (Å²) in [5.74, 6) is -4.32. The van der Waals surface area contributed by atoms with Gasteiger partial charge in [-0.15, -0.1) is 5.10 Å². The molecule has 0 bridgehead atoms. The van der Waals surface area contributed by atoms with Crippen molar-refractivity contribution in [2.75, 3.05) is 0 Å². The highest BCUT2D eigenvalue weighted by Gasteiger charge is 2.37. The number of hydrogen-bond acceptors (Lipinski definition) is 4. The number of rotatable bonds is 4. The Morgan fingerprint density at radius 1 is 0.969 bits per heavy atom. The minimum atomic E-state index is -5.08. The molecule has 32 heavy (non-hydrogen) atoms. The summed E-state index contributed by atoms with van der Waals surface area (Å²) >= 11 is 0. The summed E-state index contributed by atoms with van der Waals surface area (Å²) in [6.07, 6.45) is -8.52. The summed E-state index contributed by atoms with van der Waals surface area (Å²) in [6.45, 7) is 0. The van der Waals surface area contributed by atoms with Gasteiger partial charge in [-0.05, 0) is 30.3 Å². The molecule has 1 amide bonds. The number of hydrogen-bond donors (Lipinski definition) is 1. The molecular formula is C18H9F8N5O. The summed E-state index contributed by atoms with van der Waals surface area (Å²) in [5.41, 5.74) is 0.317. The molecule has 0 aliphatic carbocycles. The van der Waals surface area contributed by atoms with E-state index in [9.17, 15) is 39.9 Å². The topological polar surface area (TPSA) is 86.7 Å². The number of benzene rings is 1. The molecular weight excluding hydrogens is 454 g/mol. The highest BCUT2D eigenvalue weighted by Crippen LogP contribution is 2.38. The zero-order chi connectivity index (χ0) is 23.8. The van der Waals surface area contributed by atoms with E-state index in [1.807, 2.05) is 0 Å². The van der Waals surface area contributed by atoms with Crippen LogP contribution in [0.25, 0.3) is 23.2 Å². The van der Waals surface area contributed by atoms with Crippen molar-refractivity contribution in [3.05, 3.63) is 65.2 Å². The van der Waals surface area contributed by atoms with Gasteiger partial charge in [-0.2, -0.15) is 40.1 Å². The van der Waals surface area contributed by atoms with Gasteiger partial charge in [0.05, 0.1) is 16.7 Å². The van der Waals surface area contributed by atoms with Crippen LogP contribution in [0.4, 0.5) is 35.1 Å². The molecule has 2 N–H and O–H groups in total. The van der Waals surface area contributed by atoms with Crippen molar-refractivity contribution in [3.63, 3.8) is 0 Å². The van der Waals surface area contributed by atoms with Crippen LogP contribution >= 0.6 is 0 Å². The number of primary amides is 1. The number of pyridine rings is 1. The van der Waals surface area contributed by atoms with Crippen molar-refractivity contribution in [2.45, 2.75) is 12.4 Å². The molecule has 6 nitrogen and oxygen atoms in total. The van der Waals surface area contributed by atoms with Crippen LogP contribution in [0, 0.1) is 11.9 Å². The van der Waals surface area contributed by atoms with Crippen LogP contribution in [0.3, 0.4) is 0 Å². The zero-order valence-corrected chi connectivity index (χ0v) is 15.3. The quantitative estimate of drug-likeness (QED) is 0.358. The standard InChI is InChI=1S/C18H9F8N5O/c19-13-2-1-11(14(20)29-13)12(15(27)32)6-31-7-28-16(30-31)8-3-9(17(21,22)23)5-10(4-8)18(24,25)26/h1-7H,(H2,27,32)/b12-6+. The van der Waals surface area contributed by atoms with E-state index in [1.54, 1.807) is 0 Å². The Morgan fingerprint density at radius 3 is 2.06 bits per heavy atom. The van der Waals surface area contributed by atoms with E-state index in [-0.39, 0.29) is 6.07 Å². The monoisotopic (exact) mass is 463 g/mol. The fourth-order valence-electron chi connectivity index (χ4n) is 2.56. The van der Waals surface area contributed by atoms with Crippen LogP contribution in [-0.2, 0) is 17.1 Å². The normalized spacial score (nSPS) is 12.8. The first kappa shape index (κ1) is 22.8. The van der Waals surface area contributed by atoms with E-state index in [0.717, 1.165) is 24.7 Å². The van der Waals surface area contributed by atoms with Crippen molar-refractivity contribution in [3.8, 4) is 11.4 Å². The minimum absolute atomic E-state index is 0.0596. The van der Waals surface area contributed by atoms with Crippen molar-refractivity contribution in [2.24, 2.45) is 5.73 Å². The number of carbonyl (C=O) groups excluding carboxylic acids is 1. The third-order valence-electron chi connectivity index (χ3n) is 3.99. The third kappa shape index (κ3) is 4.90.